The van der Waals surface area contributed by atoms with E-state index in [1.807, 2.05) is 42.5 Å². The number of aryl methyl sites for hydroxylation is 1. The third-order valence-corrected chi connectivity index (χ3v) is 5.79. The maximum absolute atomic E-state index is 12.9. The zero-order valence-electron chi connectivity index (χ0n) is 18.7. The van der Waals surface area contributed by atoms with Crippen LogP contribution in [0.5, 0.6) is 5.75 Å². The summed E-state index contributed by atoms with van der Waals surface area (Å²) in [5.74, 6) is -0.774. The van der Waals surface area contributed by atoms with Crippen molar-refractivity contribution in [2.24, 2.45) is 22.4 Å². The minimum atomic E-state index is -0.951. The van der Waals surface area contributed by atoms with Gasteiger partial charge >= 0.3 is 5.97 Å². The predicted molar refractivity (Wildman–Crippen MR) is 127 cm³/mol. The van der Waals surface area contributed by atoms with Crippen LogP contribution in [0.1, 0.15) is 30.4 Å². The molecule has 2 atom stereocenters. The van der Waals surface area contributed by atoms with Crippen LogP contribution in [0.25, 0.3) is 0 Å². The van der Waals surface area contributed by atoms with E-state index in [2.05, 4.69) is 17.1 Å². The van der Waals surface area contributed by atoms with Gasteiger partial charge < -0.3 is 26.2 Å². The first kappa shape index (κ1) is 24.1. The predicted octanol–water partition coefficient (Wildman–Crippen LogP) is 2.21. The molecule has 2 aromatic carbocycles. The minimum Gasteiger partial charge on any atom is -0.491 e. The summed E-state index contributed by atoms with van der Waals surface area (Å²) in [6.45, 7) is 1.40. The summed E-state index contributed by atoms with van der Waals surface area (Å²) in [7, 11) is 0. The number of likely N-dealkylation sites (tertiary alicyclic amines) is 1. The topological polar surface area (TPSA) is 131 Å². The molecule has 8 nitrogen and oxygen atoms in total. The molecule has 33 heavy (non-hydrogen) atoms. The molecule has 0 saturated carbocycles. The lowest BCUT2D eigenvalue weighted by Crippen LogP contribution is -2.38. The number of hydrogen-bond donors (Lipinski definition) is 3. The van der Waals surface area contributed by atoms with E-state index in [1.165, 1.54) is 5.56 Å². The van der Waals surface area contributed by atoms with Crippen LogP contribution in [0.3, 0.4) is 0 Å². The second-order valence-corrected chi connectivity index (χ2v) is 8.32. The number of carbonyl (C=O) groups excluding carboxylic acids is 1. The summed E-state index contributed by atoms with van der Waals surface area (Å²) in [5.41, 5.74) is 13.0. The summed E-state index contributed by atoms with van der Waals surface area (Å²) in [5, 5.41) is 9.21. The van der Waals surface area contributed by atoms with E-state index in [-0.39, 0.29) is 24.3 Å². The van der Waals surface area contributed by atoms with Gasteiger partial charge in [0, 0.05) is 13.1 Å². The van der Waals surface area contributed by atoms with Crippen molar-refractivity contribution in [1.29, 1.82) is 0 Å². The van der Waals surface area contributed by atoms with E-state index in [9.17, 15) is 14.7 Å². The number of ether oxygens (including phenoxy) is 1. The molecule has 1 fully saturated rings. The number of aliphatic carboxylic acids is 1. The van der Waals surface area contributed by atoms with Gasteiger partial charge in [0.15, 0.2) is 5.96 Å². The standard InChI is InChI=1S/C25H32N4O4/c26-25(27)28-12-11-19-8-4-10-22(14-19)33-17-21-15-20(16-23(30)31)24(32)29(21)13-5-9-18-6-2-1-3-7-18/h1-4,6-8,10,14,20-21H,5,9,11-13,15-17H2,(H,30,31)(H4,26,27,28)/t20-,21-/m0/s1. The number of nitrogens with zero attached hydrogens (tertiary/aromatic N) is 2. The van der Waals surface area contributed by atoms with Crippen molar-refractivity contribution in [2.45, 2.75) is 38.1 Å². The highest BCUT2D eigenvalue weighted by Gasteiger charge is 2.40. The third kappa shape index (κ3) is 7.52. The van der Waals surface area contributed by atoms with E-state index in [1.54, 1.807) is 4.90 Å². The van der Waals surface area contributed by atoms with Crippen molar-refractivity contribution in [3.63, 3.8) is 0 Å². The number of benzene rings is 2. The van der Waals surface area contributed by atoms with Gasteiger partial charge in [0.1, 0.15) is 12.4 Å². The first-order valence-electron chi connectivity index (χ1n) is 11.3. The highest BCUT2D eigenvalue weighted by molar-refractivity contribution is 5.85. The van der Waals surface area contributed by atoms with Crippen molar-refractivity contribution in [2.75, 3.05) is 19.7 Å². The number of aliphatic imine (C=N–C) groups is 1. The fourth-order valence-corrected chi connectivity index (χ4v) is 4.20. The van der Waals surface area contributed by atoms with Gasteiger partial charge in [-0.3, -0.25) is 14.6 Å². The highest BCUT2D eigenvalue weighted by Crippen LogP contribution is 2.29. The molecule has 3 rings (SSSR count). The third-order valence-electron chi connectivity index (χ3n) is 5.79. The van der Waals surface area contributed by atoms with E-state index >= 15 is 0 Å². The summed E-state index contributed by atoms with van der Waals surface area (Å²) < 4.78 is 6.03. The number of carboxylic acids is 1. The fraction of sp³-hybridized carbons (Fsp3) is 0.400. The SMILES string of the molecule is NC(N)=NCCc1cccc(OC[C@@H]2C[C@@H](CC(=O)O)C(=O)N2CCCc2ccccc2)c1. The van der Waals surface area contributed by atoms with Crippen LogP contribution in [-0.2, 0) is 22.4 Å². The second kappa shape index (κ2) is 11.9. The van der Waals surface area contributed by atoms with Gasteiger partial charge in [-0.15, -0.1) is 0 Å². The molecule has 1 saturated heterocycles. The molecule has 2 aromatic rings. The van der Waals surface area contributed by atoms with Crippen LogP contribution in [-0.4, -0.2) is 53.6 Å². The zero-order valence-corrected chi connectivity index (χ0v) is 18.7. The first-order valence-corrected chi connectivity index (χ1v) is 11.3. The molecule has 1 amide bonds. The zero-order chi connectivity index (χ0) is 23.6. The lowest BCUT2D eigenvalue weighted by Gasteiger charge is -2.25. The molecule has 8 heteroatoms. The Kier molecular flexibility index (Phi) is 8.69. The van der Waals surface area contributed by atoms with Crippen LogP contribution >= 0.6 is 0 Å². The molecule has 0 unspecified atom stereocenters. The quantitative estimate of drug-likeness (QED) is 0.334. The lowest BCUT2D eigenvalue weighted by atomic mass is 10.0. The summed E-state index contributed by atoms with van der Waals surface area (Å²) >= 11 is 0. The number of guanidine groups is 1. The molecule has 0 spiro atoms. The number of carbonyl (C=O) groups is 2. The van der Waals surface area contributed by atoms with Crippen molar-refractivity contribution in [3.8, 4) is 5.75 Å². The van der Waals surface area contributed by atoms with E-state index in [0.29, 0.717) is 38.3 Å². The highest BCUT2D eigenvalue weighted by atomic mass is 16.5. The number of carboxylic acid groups (broad SMARTS) is 1. The van der Waals surface area contributed by atoms with E-state index < -0.39 is 11.9 Å². The van der Waals surface area contributed by atoms with Crippen molar-refractivity contribution in [3.05, 3.63) is 65.7 Å². The molecule has 0 radical (unpaired) electrons. The van der Waals surface area contributed by atoms with Gasteiger partial charge in [0.25, 0.3) is 0 Å². The largest absolute Gasteiger partial charge is 0.491 e. The van der Waals surface area contributed by atoms with E-state index in [0.717, 1.165) is 18.4 Å². The van der Waals surface area contributed by atoms with Gasteiger partial charge in [0.05, 0.1) is 18.4 Å². The summed E-state index contributed by atoms with van der Waals surface area (Å²) in [6, 6.07) is 17.7. The maximum Gasteiger partial charge on any atom is 0.304 e. The van der Waals surface area contributed by atoms with Crippen molar-refractivity contribution < 1.29 is 19.4 Å². The van der Waals surface area contributed by atoms with E-state index in [4.69, 9.17) is 16.2 Å². The molecule has 0 aromatic heterocycles. The van der Waals surface area contributed by atoms with Crippen LogP contribution in [0.15, 0.2) is 59.6 Å². The molecule has 5 N–H and O–H groups in total. The molecular weight excluding hydrogens is 420 g/mol. The molecule has 1 aliphatic rings. The Labute approximate surface area is 194 Å². The average molecular weight is 453 g/mol. The lowest BCUT2D eigenvalue weighted by molar-refractivity contribution is -0.142. The maximum atomic E-state index is 12.9. The fourth-order valence-electron chi connectivity index (χ4n) is 4.20. The molecular formula is C25H32N4O4. The van der Waals surface area contributed by atoms with Crippen molar-refractivity contribution >= 4 is 17.8 Å². The number of nitrogens with two attached hydrogens (primary N) is 2. The van der Waals surface area contributed by atoms with Crippen LogP contribution in [0.4, 0.5) is 0 Å². The molecule has 0 aliphatic carbocycles. The average Bonchev–Trinajstić information content (AvgIpc) is 3.07. The molecule has 1 heterocycles. The Morgan fingerprint density at radius 3 is 2.58 bits per heavy atom. The number of hydrogen-bond acceptors (Lipinski definition) is 4. The normalized spacial score (nSPS) is 17.7. The monoisotopic (exact) mass is 452 g/mol. The van der Waals surface area contributed by atoms with Gasteiger partial charge in [-0.1, -0.05) is 42.5 Å². The minimum absolute atomic E-state index is 0.0663. The van der Waals surface area contributed by atoms with Gasteiger partial charge in [-0.2, -0.15) is 0 Å². The summed E-state index contributed by atoms with van der Waals surface area (Å²) in [4.78, 5) is 29.9. The number of rotatable bonds is 12. The Morgan fingerprint density at radius 2 is 1.85 bits per heavy atom. The van der Waals surface area contributed by atoms with Gasteiger partial charge in [0.2, 0.25) is 5.91 Å². The molecule has 0 bridgehead atoms. The van der Waals surface area contributed by atoms with Crippen molar-refractivity contribution in [1.82, 2.24) is 4.90 Å². The Bertz CT molecular complexity index is 960. The van der Waals surface area contributed by atoms with Crippen LogP contribution < -0.4 is 16.2 Å². The second-order valence-electron chi connectivity index (χ2n) is 8.32. The Balaban J connectivity index is 1.60. The first-order chi connectivity index (χ1) is 15.9. The Morgan fingerprint density at radius 1 is 1.09 bits per heavy atom. The molecule has 1 aliphatic heterocycles. The Hall–Kier alpha value is -3.55. The number of amides is 1. The smallest absolute Gasteiger partial charge is 0.304 e. The summed E-state index contributed by atoms with van der Waals surface area (Å²) in [6.07, 6.45) is 2.70. The van der Waals surface area contributed by atoms with Crippen LogP contribution in [0, 0.1) is 5.92 Å². The van der Waals surface area contributed by atoms with Gasteiger partial charge in [-0.25, -0.2) is 0 Å². The molecule has 176 valence electrons. The van der Waals surface area contributed by atoms with Gasteiger partial charge in [-0.05, 0) is 48.9 Å². The van der Waals surface area contributed by atoms with Crippen LogP contribution in [0.2, 0.25) is 0 Å².